The summed E-state index contributed by atoms with van der Waals surface area (Å²) in [6, 6.07) is 0.742. The van der Waals surface area contributed by atoms with Crippen molar-refractivity contribution in [3.63, 3.8) is 0 Å². The van der Waals surface area contributed by atoms with E-state index in [9.17, 15) is 0 Å². The molecule has 2 aliphatic heterocycles. The topological polar surface area (TPSA) is 41.3 Å². The highest BCUT2D eigenvalue weighted by Crippen LogP contribution is 2.33. The van der Waals surface area contributed by atoms with Crippen LogP contribution in [-0.4, -0.2) is 41.7 Å². The second kappa shape index (κ2) is 5.71. The molecule has 1 atom stereocenters. The number of hydrogen-bond donors (Lipinski definition) is 2. The summed E-state index contributed by atoms with van der Waals surface area (Å²) in [5.41, 5.74) is 6.26. The molecule has 0 radical (unpaired) electrons. The second-order valence-corrected chi connectivity index (χ2v) is 8.04. The molecule has 2 saturated heterocycles. The highest BCUT2D eigenvalue weighted by Gasteiger charge is 2.40. The van der Waals surface area contributed by atoms with Gasteiger partial charge in [-0.2, -0.15) is 0 Å². The number of rotatable bonds is 3. The molecular formula is C16H33N3. The van der Waals surface area contributed by atoms with Gasteiger partial charge in [-0.15, -0.1) is 0 Å². The van der Waals surface area contributed by atoms with Crippen LogP contribution in [0, 0.1) is 5.92 Å². The van der Waals surface area contributed by atoms with Gasteiger partial charge in [-0.25, -0.2) is 0 Å². The SMILES string of the molecule is CC1(C)CC(N2CCC[C@H](CCN)C2)CC(C)(C)N1. The fourth-order valence-corrected chi connectivity index (χ4v) is 4.43. The number of nitrogens with one attached hydrogen (secondary N) is 1. The van der Waals surface area contributed by atoms with Crippen LogP contribution < -0.4 is 11.1 Å². The van der Waals surface area contributed by atoms with Gasteiger partial charge in [0, 0.05) is 23.7 Å². The summed E-state index contributed by atoms with van der Waals surface area (Å²) in [6.45, 7) is 12.8. The molecule has 2 rings (SSSR count). The van der Waals surface area contributed by atoms with E-state index in [4.69, 9.17) is 5.73 Å². The summed E-state index contributed by atoms with van der Waals surface area (Å²) < 4.78 is 0. The summed E-state index contributed by atoms with van der Waals surface area (Å²) >= 11 is 0. The van der Waals surface area contributed by atoms with E-state index < -0.39 is 0 Å². The van der Waals surface area contributed by atoms with E-state index in [0.29, 0.717) is 0 Å². The molecular weight excluding hydrogens is 234 g/mol. The van der Waals surface area contributed by atoms with Crippen LogP contribution in [0.3, 0.4) is 0 Å². The first-order valence-corrected chi connectivity index (χ1v) is 8.05. The maximum Gasteiger partial charge on any atom is 0.0145 e. The van der Waals surface area contributed by atoms with E-state index in [1.807, 2.05) is 0 Å². The quantitative estimate of drug-likeness (QED) is 0.825. The predicted molar refractivity (Wildman–Crippen MR) is 82.3 cm³/mol. The van der Waals surface area contributed by atoms with Crippen molar-refractivity contribution in [1.29, 1.82) is 0 Å². The molecule has 3 N–H and O–H groups in total. The summed E-state index contributed by atoms with van der Waals surface area (Å²) in [7, 11) is 0. The van der Waals surface area contributed by atoms with Crippen LogP contribution in [0.5, 0.6) is 0 Å². The fourth-order valence-electron chi connectivity index (χ4n) is 4.43. The zero-order valence-corrected chi connectivity index (χ0v) is 13.3. The molecule has 2 aliphatic rings. The Labute approximate surface area is 119 Å². The Morgan fingerprint density at radius 3 is 2.37 bits per heavy atom. The number of piperidine rings is 2. The monoisotopic (exact) mass is 267 g/mol. The molecule has 0 aliphatic carbocycles. The number of likely N-dealkylation sites (tertiary alicyclic amines) is 1. The van der Waals surface area contributed by atoms with Gasteiger partial charge in [0.2, 0.25) is 0 Å². The van der Waals surface area contributed by atoms with E-state index in [2.05, 4.69) is 37.9 Å². The Balaban J connectivity index is 2.00. The average Bonchev–Trinajstić information content (AvgIpc) is 2.25. The van der Waals surface area contributed by atoms with Crippen molar-refractivity contribution >= 4 is 0 Å². The highest BCUT2D eigenvalue weighted by atomic mass is 15.2. The van der Waals surface area contributed by atoms with Crippen LogP contribution in [0.1, 0.15) is 59.8 Å². The molecule has 0 amide bonds. The van der Waals surface area contributed by atoms with Gasteiger partial charge in [0.15, 0.2) is 0 Å². The lowest BCUT2D eigenvalue weighted by Gasteiger charge is -2.51. The Kier molecular flexibility index (Phi) is 4.59. The molecule has 0 aromatic carbocycles. The van der Waals surface area contributed by atoms with Crippen molar-refractivity contribution in [3.05, 3.63) is 0 Å². The van der Waals surface area contributed by atoms with Crippen LogP contribution in [0.25, 0.3) is 0 Å². The normalized spacial score (nSPS) is 32.4. The van der Waals surface area contributed by atoms with Gasteiger partial charge in [0.1, 0.15) is 0 Å². The van der Waals surface area contributed by atoms with Gasteiger partial charge in [-0.3, -0.25) is 4.90 Å². The lowest BCUT2D eigenvalue weighted by Crippen LogP contribution is -2.63. The van der Waals surface area contributed by atoms with Gasteiger partial charge in [0.25, 0.3) is 0 Å². The van der Waals surface area contributed by atoms with Gasteiger partial charge < -0.3 is 11.1 Å². The summed E-state index contributed by atoms with van der Waals surface area (Å²) in [4.78, 5) is 2.76. The third-order valence-corrected chi connectivity index (χ3v) is 4.81. The van der Waals surface area contributed by atoms with Gasteiger partial charge in [-0.1, -0.05) is 0 Å². The second-order valence-electron chi connectivity index (χ2n) is 8.04. The molecule has 0 saturated carbocycles. The minimum Gasteiger partial charge on any atom is -0.330 e. The van der Waals surface area contributed by atoms with E-state index in [0.717, 1.165) is 18.5 Å². The molecule has 0 spiro atoms. The lowest BCUT2D eigenvalue weighted by molar-refractivity contribution is 0.0384. The third-order valence-electron chi connectivity index (χ3n) is 4.81. The Bertz CT molecular complexity index is 280. The van der Waals surface area contributed by atoms with E-state index >= 15 is 0 Å². The zero-order chi connectivity index (χ0) is 14.1. The van der Waals surface area contributed by atoms with Crippen LogP contribution in [0.2, 0.25) is 0 Å². The highest BCUT2D eigenvalue weighted by molar-refractivity contribution is 5.00. The van der Waals surface area contributed by atoms with Crippen molar-refractivity contribution in [2.45, 2.75) is 76.9 Å². The van der Waals surface area contributed by atoms with Gasteiger partial charge in [-0.05, 0) is 78.8 Å². The zero-order valence-electron chi connectivity index (χ0n) is 13.3. The standard InChI is InChI=1S/C16H33N3/c1-15(2)10-14(11-16(3,4)18-15)19-9-5-6-13(12-19)7-8-17/h13-14,18H,5-12,17H2,1-4H3/t13-/m1/s1. The lowest BCUT2D eigenvalue weighted by atomic mass is 9.78. The Hall–Kier alpha value is -0.120. The first-order chi connectivity index (χ1) is 8.81. The number of nitrogens with two attached hydrogens (primary N) is 1. The van der Waals surface area contributed by atoms with E-state index in [1.165, 1.54) is 45.2 Å². The molecule has 0 bridgehead atoms. The third kappa shape index (κ3) is 4.17. The largest absolute Gasteiger partial charge is 0.330 e. The van der Waals surface area contributed by atoms with Crippen molar-refractivity contribution < 1.29 is 0 Å². The van der Waals surface area contributed by atoms with Crippen molar-refractivity contribution in [3.8, 4) is 0 Å². The molecule has 19 heavy (non-hydrogen) atoms. The van der Waals surface area contributed by atoms with Crippen molar-refractivity contribution in [1.82, 2.24) is 10.2 Å². The van der Waals surface area contributed by atoms with Gasteiger partial charge in [0.05, 0.1) is 0 Å². The van der Waals surface area contributed by atoms with Crippen molar-refractivity contribution in [2.24, 2.45) is 11.7 Å². The first kappa shape index (κ1) is 15.3. The summed E-state index contributed by atoms with van der Waals surface area (Å²) in [5.74, 6) is 0.833. The molecule has 112 valence electrons. The molecule has 0 aromatic heterocycles. The first-order valence-electron chi connectivity index (χ1n) is 8.05. The number of nitrogens with zero attached hydrogens (tertiary/aromatic N) is 1. The predicted octanol–water partition coefficient (Wildman–Crippen LogP) is 2.36. The van der Waals surface area contributed by atoms with E-state index in [-0.39, 0.29) is 11.1 Å². The molecule has 3 heteroatoms. The van der Waals surface area contributed by atoms with Crippen LogP contribution in [0.4, 0.5) is 0 Å². The van der Waals surface area contributed by atoms with Gasteiger partial charge >= 0.3 is 0 Å². The molecule has 2 fully saturated rings. The maximum absolute atomic E-state index is 5.74. The minimum atomic E-state index is 0.257. The smallest absolute Gasteiger partial charge is 0.0145 e. The Morgan fingerprint density at radius 1 is 1.16 bits per heavy atom. The minimum absolute atomic E-state index is 0.257. The van der Waals surface area contributed by atoms with Crippen LogP contribution >= 0.6 is 0 Å². The molecule has 2 heterocycles. The van der Waals surface area contributed by atoms with Crippen LogP contribution in [-0.2, 0) is 0 Å². The summed E-state index contributed by atoms with van der Waals surface area (Å²) in [6.07, 6.45) is 6.48. The average molecular weight is 267 g/mol. The molecule has 3 nitrogen and oxygen atoms in total. The van der Waals surface area contributed by atoms with E-state index in [1.54, 1.807) is 0 Å². The van der Waals surface area contributed by atoms with Crippen molar-refractivity contribution in [2.75, 3.05) is 19.6 Å². The molecule has 0 aromatic rings. The molecule has 0 unspecified atom stereocenters. The summed E-state index contributed by atoms with van der Waals surface area (Å²) in [5, 5.41) is 3.79. The Morgan fingerprint density at radius 2 is 1.79 bits per heavy atom. The number of hydrogen-bond acceptors (Lipinski definition) is 3. The fraction of sp³-hybridized carbons (Fsp3) is 1.00. The maximum atomic E-state index is 5.74. The van der Waals surface area contributed by atoms with Crippen LogP contribution in [0.15, 0.2) is 0 Å².